The molecule has 2 aromatic heterocycles. The molecule has 0 aromatic carbocycles. The average molecular weight is 370 g/mol. The Bertz CT molecular complexity index is 855. The molecule has 0 radical (unpaired) electrons. The SMILES string of the molecule is O=Cc1ccc(C2=C(Sc3ccc(Cl)cn3)CC(C3CCC3)=N2)cn1. The zero-order chi connectivity index (χ0) is 17.2. The minimum atomic E-state index is 0.430. The van der Waals surface area contributed by atoms with Crippen molar-refractivity contribution in [3.05, 3.63) is 57.8 Å². The van der Waals surface area contributed by atoms with Crippen LogP contribution in [0.3, 0.4) is 0 Å². The van der Waals surface area contributed by atoms with Crippen molar-refractivity contribution >= 4 is 41.1 Å². The zero-order valence-electron chi connectivity index (χ0n) is 13.5. The highest BCUT2D eigenvalue weighted by atomic mass is 35.5. The summed E-state index contributed by atoms with van der Waals surface area (Å²) in [5.74, 6) is 0.605. The number of nitrogens with zero attached hydrogens (tertiary/aromatic N) is 3. The fourth-order valence-corrected chi connectivity index (χ4v) is 4.03. The second-order valence-electron chi connectivity index (χ2n) is 6.19. The molecule has 0 bridgehead atoms. The monoisotopic (exact) mass is 369 g/mol. The van der Waals surface area contributed by atoms with E-state index in [0.29, 0.717) is 16.6 Å². The van der Waals surface area contributed by atoms with Crippen molar-refractivity contribution in [3.8, 4) is 0 Å². The predicted octanol–water partition coefficient (Wildman–Crippen LogP) is 5.05. The lowest BCUT2D eigenvalue weighted by atomic mass is 9.81. The Morgan fingerprint density at radius 1 is 1.12 bits per heavy atom. The molecule has 1 fully saturated rings. The van der Waals surface area contributed by atoms with Crippen molar-refractivity contribution in [1.29, 1.82) is 0 Å². The maximum atomic E-state index is 10.8. The van der Waals surface area contributed by atoms with E-state index in [0.717, 1.165) is 29.0 Å². The molecule has 1 aliphatic heterocycles. The van der Waals surface area contributed by atoms with Gasteiger partial charge in [0.15, 0.2) is 6.29 Å². The lowest BCUT2D eigenvalue weighted by Crippen LogP contribution is -2.20. The van der Waals surface area contributed by atoms with Crippen LogP contribution in [0, 0.1) is 5.92 Å². The number of carbonyl (C=O) groups is 1. The minimum absolute atomic E-state index is 0.430. The minimum Gasteiger partial charge on any atom is -0.296 e. The molecule has 0 spiro atoms. The van der Waals surface area contributed by atoms with Crippen molar-refractivity contribution in [2.24, 2.45) is 10.9 Å². The number of aldehydes is 1. The van der Waals surface area contributed by atoms with Gasteiger partial charge >= 0.3 is 0 Å². The smallest absolute Gasteiger partial charge is 0.168 e. The first-order valence-electron chi connectivity index (χ1n) is 8.24. The maximum Gasteiger partial charge on any atom is 0.168 e. The van der Waals surface area contributed by atoms with Crippen LogP contribution in [0.5, 0.6) is 0 Å². The third-order valence-corrected chi connectivity index (χ3v) is 5.80. The van der Waals surface area contributed by atoms with Crippen molar-refractivity contribution in [1.82, 2.24) is 9.97 Å². The summed E-state index contributed by atoms with van der Waals surface area (Å²) in [5, 5.41) is 1.53. The van der Waals surface area contributed by atoms with Crippen LogP contribution in [0.4, 0.5) is 0 Å². The summed E-state index contributed by atoms with van der Waals surface area (Å²) in [7, 11) is 0. The number of halogens is 1. The van der Waals surface area contributed by atoms with E-state index >= 15 is 0 Å². The van der Waals surface area contributed by atoms with Crippen LogP contribution in [0.1, 0.15) is 41.7 Å². The average Bonchev–Trinajstić information content (AvgIpc) is 2.98. The Balaban J connectivity index is 1.66. The van der Waals surface area contributed by atoms with E-state index in [1.807, 2.05) is 18.2 Å². The summed E-state index contributed by atoms with van der Waals surface area (Å²) in [6, 6.07) is 7.41. The van der Waals surface area contributed by atoms with Crippen molar-refractivity contribution in [2.45, 2.75) is 30.7 Å². The number of carbonyl (C=O) groups excluding carboxylic acids is 1. The van der Waals surface area contributed by atoms with Gasteiger partial charge in [-0.15, -0.1) is 0 Å². The Morgan fingerprint density at radius 3 is 2.60 bits per heavy atom. The number of aliphatic imine (C=N–C) groups is 1. The van der Waals surface area contributed by atoms with Crippen LogP contribution in [0.15, 0.2) is 51.6 Å². The molecule has 0 unspecified atom stereocenters. The van der Waals surface area contributed by atoms with Crippen LogP contribution >= 0.6 is 23.4 Å². The van der Waals surface area contributed by atoms with Gasteiger partial charge in [-0.2, -0.15) is 0 Å². The van der Waals surface area contributed by atoms with E-state index < -0.39 is 0 Å². The van der Waals surface area contributed by atoms with Gasteiger partial charge in [0.05, 0.1) is 10.7 Å². The molecule has 1 saturated carbocycles. The maximum absolute atomic E-state index is 10.8. The van der Waals surface area contributed by atoms with Gasteiger partial charge in [0.1, 0.15) is 10.7 Å². The molecule has 3 heterocycles. The van der Waals surface area contributed by atoms with Gasteiger partial charge in [0.25, 0.3) is 0 Å². The Kier molecular flexibility index (Phi) is 4.68. The van der Waals surface area contributed by atoms with E-state index in [4.69, 9.17) is 16.6 Å². The number of thioether (sulfide) groups is 1. The van der Waals surface area contributed by atoms with Crippen LogP contribution in [0.25, 0.3) is 5.70 Å². The van der Waals surface area contributed by atoms with Crippen LogP contribution in [0.2, 0.25) is 5.02 Å². The third kappa shape index (κ3) is 3.53. The summed E-state index contributed by atoms with van der Waals surface area (Å²) in [4.78, 5) is 25.5. The Morgan fingerprint density at radius 2 is 2.00 bits per heavy atom. The topological polar surface area (TPSA) is 55.2 Å². The number of hydrogen-bond acceptors (Lipinski definition) is 5. The Hall–Kier alpha value is -1.98. The summed E-state index contributed by atoms with van der Waals surface area (Å²) < 4.78 is 0. The number of allylic oxidation sites excluding steroid dienone is 1. The number of pyridine rings is 2. The zero-order valence-corrected chi connectivity index (χ0v) is 15.1. The molecule has 2 aliphatic rings. The number of rotatable bonds is 5. The van der Waals surface area contributed by atoms with E-state index in [2.05, 4.69) is 9.97 Å². The first-order chi connectivity index (χ1) is 12.2. The largest absolute Gasteiger partial charge is 0.296 e. The lowest BCUT2D eigenvalue weighted by Gasteiger charge is -2.25. The van der Waals surface area contributed by atoms with Crippen LogP contribution in [-0.2, 0) is 0 Å². The van der Waals surface area contributed by atoms with Gasteiger partial charge in [0, 0.05) is 35.0 Å². The third-order valence-electron chi connectivity index (χ3n) is 4.55. The van der Waals surface area contributed by atoms with Gasteiger partial charge in [-0.1, -0.05) is 29.8 Å². The van der Waals surface area contributed by atoms with Crippen molar-refractivity contribution in [2.75, 3.05) is 0 Å². The molecule has 0 amide bonds. The van der Waals surface area contributed by atoms with Crippen LogP contribution < -0.4 is 0 Å². The second kappa shape index (κ2) is 7.10. The van der Waals surface area contributed by atoms with E-state index in [1.54, 1.807) is 30.2 Å². The molecule has 0 atom stereocenters. The highest BCUT2D eigenvalue weighted by Crippen LogP contribution is 2.43. The summed E-state index contributed by atoms with van der Waals surface area (Å²) in [6.07, 6.45) is 8.75. The van der Waals surface area contributed by atoms with E-state index in [1.165, 1.54) is 29.9 Å². The molecule has 6 heteroatoms. The lowest BCUT2D eigenvalue weighted by molar-refractivity contribution is 0.111. The standard InChI is InChI=1S/C19H16ClN3OS/c20-14-5-7-18(22-10-14)25-17-8-16(12-2-1-3-12)23-19(17)13-4-6-15(11-24)21-9-13/h4-7,9-12H,1-3,8H2. The molecule has 1 aliphatic carbocycles. The first kappa shape index (κ1) is 16.5. The molecular formula is C19H16ClN3OS. The van der Waals surface area contributed by atoms with E-state index in [-0.39, 0.29) is 0 Å². The molecule has 4 nitrogen and oxygen atoms in total. The summed E-state index contributed by atoms with van der Waals surface area (Å²) in [6.45, 7) is 0. The van der Waals surface area contributed by atoms with Crippen molar-refractivity contribution in [3.63, 3.8) is 0 Å². The summed E-state index contributed by atoms with van der Waals surface area (Å²) in [5.41, 5.74) is 3.58. The molecule has 2 aromatic rings. The molecule has 126 valence electrons. The summed E-state index contributed by atoms with van der Waals surface area (Å²) >= 11 is 7.56. The molecule has 25 heavy (non-hydrogen) atoms. The fourth-order valence-electron chi connectivity index (χ4n) is 2.94. The number of hydrogen-bond donors (Lipinski definition) is 0. The van der Waals surface area contributed by atoms with Gasteiger partial charge < -0.3 is 0 Å². The van der Waals surface area contributed by atoms with E-state index in [9.17, 15) is 4.79 Å². The molecule has 0 N–H and O–H groups in total. The van der Waals surface area contributed by atoms with Crippen LogP contribution in [-0.4, -0.2) is 22.0 Å². The highest BCUT2D eigenvalue weighted by molar-refractivity contribution is 8.03. The van der Waals surface area contributed by atoms with Gasteiger partial charge in [0.2, 0.25) is 0 Å². The van der Waals surface area contributed by atoms with Gasteiger partial charge in [-0.3, -0.25) is 14.8 Å². The predicted molar refractivity (Wildman–Crippen MR) is 101 cm³/mol. The quantitative estimate of drug-likeness (QED) is 0.692. The second-order valence-corrected chi connectivity index (χ2v) is 7.74. The molecule has 4 rings (SSSR count). The van der Waals surface area contributed by atoms with Crippen molar-refractivity contribution < 1.29 is 4.79 Å². The fraction of sp³-hybridized carbons (Fsp3) is 0.263. The number of aromatic nitrogens is 2. The van der Waals surface area contributed by atoms with Gasteiger partial charge in [-0.05, 0) is 43.0 Å². The Labute approximate surface area is 155 Å². The first-order valence-corrected chi connectivity index (χ1v) is 9.44. The van der Waals surface area contributed by atoms with Gasteiger partial charge in [-0.25, -0.2) is 4.98 Å². The normalized spacial score (nSPS) is 17.4. The molecule has 0 saturated heterocycles. The molecular weight excluding hydrogens is 354 g/mol. The highest BCUT2D eigenvalue weighted by Gasteiger charge is 2.29.